The van der Waals surface area contributed by atoms with Crippen LogP contribution in [0.25, 0.3) is 16.9 Å². The Morgan fingerprint density at radius 3 is 2.51 bits per heavy atom. The molecule has 0 fully saturated rings. The fraction of sp³-hybridized carbons (Fsp3) is 0.292. The summed E-state index contributed by atoms with van der Waals surface area (Å²) >= 11 is 0. The van der Waals surface area contributed by atoms with E-state index in [2.05, 4.69) is 20.3 Å². The zero-order chi connectivity index (χ0) is 26.7. The van der Waals surface area contributed by atoms with Crippen LogP contribution in [0.1, 0.15) is 19.4 Å². The number of fused-ring (bicyclic) bond motifs is 1. The summed E-state index contributed by atoms with van der Waals surface area (Å²) in [6.07, 6.45) is 2.69. The molecule has 2 N–H and O–H groups in total. The zero-order valence-corrected chi connectivity index (χ0v) is 20.5. The summed E-state index contributed by atoms with van der Waals surface area (Å²) in [6, 6.07) is 9.17. The van der Waals surface area contributed by atoms with Crippen molar-refractivity contribution in [2.24, 2.45) is 7.05 Å². The number of aromatic nitrogens is 5. The number of aryl methyl sites for hydroxylation is 1. The van der Waals surface area contributed by atoms with Gasteiger partial charge in [-0.05, 0) is 43.7 Å². The molecular weight excluding hydrogens is 480 g/mol. The molecule has 4 aromatic rings. The van der Waals surface area contributed by atoms with E-state index in [-0.39, 0.29) is 23.9 Å². The monoisotopic (exact) mass is 506 g/mol. The molecule has 3 heterocycles. The van der Waals surface area contributed by atoms with Crippen molar-refractivity contribution < 1.29 is 14.8 Å². The number of hydrogen-bond donors (Lipinski definition) is 2. The second-order valence-electron chi connectivity index (χ2n) is 8.26. The molecule has 0 spiro atoms. The molecule has 1 atom stereocenters. The molecule has 37 heavy (non-hydrogen) atoms. The average Bonchev–Trinajstić information content (AvgIpc) is 3.14. The van der Waals surface area contributed by atoms with Crippen LogP contribution in [-0.2, 0) is 18.3 Å². The highest BCUT2D eigenvalue weighted by Crippen LogP contribution is 2.25. The number of pyridine rings is 1. The summed E-state index contributed by atoms with van der Waals surface area (Å²) in [5.41, 5.74) is 1.74. The quantitative estimate of drug-likeness (QED) is 0.241. The number of anilines is 2. The highest BCUT2D eigenvalue weighted by molar-refractivity contribution is 5.79. The van der Waals surface area contributed by atoms with Crippen molar-refractivity contribution in [3.8, 4) is 5.69 Å². The molecule has 1 aromatic carbocycles. The van der Waals surface area contributed by atoms with Crippen molar-refractivity contribution >= 4 is 34.6 Å². The number of nitrogens with one attached hydrogen (secondary N) is 1. The van der Waals surface area contributed by atoms with Crippen LogP contribution in [0.4, 0.5) is 17.5 Å². The molecule has 0 amide bonds. The maximum atomic E-state index is 12.8. The second kappa shape index (κ2) is 10.4. The lowest BCUT2D eigenvalue weighted by Gasteiger charge is -2.20. The summed E-state index contributed by atoms with van der Waals surface area (Å²) in [4.78, 5) is 50.1. The van der Waals surface area contributed by atoms with Crippen LogP contribution in [0.3, 0.4) is 0 Å². The summed E-state index contributed by atoms with van der Waals surface area (Å²) in [7, 11) is 1.66. The average molecular weight is 507 g/mol. The van der Waals surface area contributed by atoms with Gasteiger partial charge in [-0.1, -0.05) is 12.1 Å². The van der Waals surface area contributed by atoms with E-state index in [1.54, 1.807) is 54.5 Å². The molecule has 0 saturated carbocycles. The first kappa shape index (κ1) is 25.3. The Morgan fingerprint density at radius 1 is 1.19 bits per heavy atom. The molecule has 192 valence electrons. The van der Waals surface area contributed by atoms with Gasteiger partial charge in [0, 0.05) is 32.8 Å². The normalized spacial score (nSPS) is 11.9. The minimum atomic E-state index is -1.20. The van der Waals surface area contributed by atoms with E-state index in [1.807, 2.05) is 13.8 Å². The SMILES string of the molecule is CCN(CC)c1ncc([N+](=O)[O-])c(NC(Cc2ccc(-n3c(=O)n(C)c4cccnc43)cc2)C(=O)O)n1. The molecule has 13 nitrogen and oxygen atoms in total. The third-order valence-corrected chi connectivity index (χ3v) is 6.06. The number of nitrogens with zero attached hydrogens (tertiary/aromatic N) is 7. The number of hydrogen-bond acceptors (Lipinski definition) is 9. The minimum absolute atomic E-state index is 0.0139. The fourth-order valence-electron chi connectivity index (χ4n) is 4.05. The fourth-order valence-corrected chi connectivity index (χ4v) is 4.05. The van der Waals surface area contributed by atoms with Crippen molar-refractivity contribution in [3.05, 3.63) is 75.0 Å². The number of carboxylic acid groups (broad SMARTS) is 1. The van der Waals surface area contributed by atoms with Gasteiger partial charge in [-0.25, -0.2) is 24.1 Å². The molecule has 4 rings (SSSR count). The van der Waals surface area contributed by atoms with Gasteiger partial charge in [0.2, 0.25) is 11.8 Å². The third-order valence-electron chi connectivity index (χ3n) is 6.06. The smallest absolute Gasteiger partial charge is 0.334 e. The first-order valence-electron chi connectivity index (χ1n) is 11.6. The summed E-state index contributed by atoms with van der Waals surface area (Å²) in [5, 5.41) is 24.1. The van der Waals surface area contributed by atoms with Crippen LogP contribution >= 0.6 is 0 Å². The molecule has 0 radical (unpaired) electrons. The third kappa shape index (κ3) is 4.96. The van der Waals surface area contributed by atoms with Gasteiger partial charge in [0.25, 0.3) is 0 Å². The number of carbonyl (C=O) groups is 1. The van der Waals surface area contributed by atoms with E-state index in [1.165, 1.54) is 9.13 Å². The molecule has 0 aliphatic heterocycles. The van der Waals surface area contributed by atoms with Gasteiger partial charge in [0.15, 0.2) is 5.65 Å². The Morgan fingerprint density at radius 2 is 1.89 bits per heavy atom. The predicted octanol–water partition coefficient (Wildman–Crippen LogP) is 2.38. The highest BCUT2D eigenvalue weighted by Gasteiger charge is 2.25. The van der Waals surface area contributed by atoms with Gasteiger partial charge in [0.05, 0.1) is 16.1 Å². The zero-order valence-electron chi connectivity index (χ0n) is 20.5. The number of carboxylic acids is 1. The van der Waals surface area contributed by atoms with Crippen LogP contribution in [-0.4, -0.2) is 59.2 Å². The first-order valence-corrected chi connectivity index (χ1v) is 11.6. The van der Waals surface area contributed by atoms with Gasteiger partial charge >= 0.3 is 17.3 Å². The minimum Gasteiger partial charge on any atom is -0.480 e. The Labute approximate surface area is 211 Å². The van der Waals surface area contributed by atoms with E-state index in [0.717, 1.165) is 6.20 Å². The van der Waals surface area contributed by atoms with Crippen molar-refractivity contribution in [3.63, 3.8) is 0 Å². The van der Waals surface area contributed by atoms with Crippen LogP contribution < -0.4 is 15.9 Å². The summed E-state index contributed by atoms with van der Waals surface area (Å²) in [5.74, 6) is -1.10. The lowest BCUT2D eigenvalue weighted by molar-refractivity contribution is -0.384. The molecule has 0 aliphatic carbocycles. The van der Waals surface area contributed by atoms with E-state index in [4.69, 9.17) is 0 Å². The van der Waals surface area contributed by atoms with Crippen molar-refractivity contribution in [2.75, 3.05) is 23.3 Å². The second-order valence-corrected chi connectivity index (χ2v) is 8.26. The number of rotatable bonds is 10. The molecular formula is C24H26N8O5. The Hall–Kier alpha value is -4.81. The molecule has 13 heteroatoms. The van der Waals surface area contributed by atoms with E-state index in [0.29, 0.717) is 35.5 Å². The first-order chi connectivity index (χ1) is 17.7. The highest BCUT2D eigenvalue weighted by atomic mass is 16.6. The summed E-state index contributed by atoms with van der Waals surface area (Å²) in [6.45, 7) is 4.95. The molecule has 0 saturated heterocycles. The topological polar surface area (TPSA) is 161 Å². The molecule has 1 unspecified atom stereocenters. The van der Waals surface area contributed by atoms with E-state index >= 15 is 0 Å². The van der Waals surface area contributed by atoms with Crippen molar-refractivity contribution in [1.29, 1.82) is 0 Å². The maximum Gasteiger partial charge on any atom is 0.334 e. The predicted molar refractivity (Wildman–Crippen MR) is 137 cm³/mol. The number of imidazole rings is 1. The van der Waals surface area contributed by atoms with Crippen molar-refractivity contribution in [2.45, 2.75) is 26.3 Å². The summed E-state index contributed by atoms with van der Waals surface area (Å²) < 4.78 is 2.98. The Bertz CT molecular complexity index is 1510. The van der Waals surface area contributed by atoms with Gasteiger partial charge in [-0.2, -0.15) is 4.98 Å². The van der Waals surface area contributed by atoms with Gasteiger partial charge in [0.1, 0.15) is 12.2 Å². The Kier molecular flexibility index (Phi) is 7.13. The Balaban J connectivity index is 1.62. The van der Waals surface area contributed by atoms with Gasteiger partial charge in [-0.15, -0.1) is 0 Å². The lowest BCUT2D eigenvalue weighted by atomic mass is 10.1. The lowest BCUT2D eigenvalue weighted by Crippen LogP contribution is -2.33. The standard InChI is InChI=1S/C24H26N8O5/c1-4-30(5-2)23-26-14-19(32(36)37)20(28-23)27-17(22(33)34)13-15-8-10-16(11-9-15)31-21-18(7-6-12-25-21)29(3)24(31)35/h6-12,14,17H,4-5,13H2,1-3H3,(H,33,34)(H,26,27,28). The molecule has 0 bridgehead atoms. The number of aliphatic carboxylic acids is 1. The van der Waals surface area contributed by atoms with Crippen LogP contribution in [0.15, 0.2) is 53.6 Å². The van der Waals surface area contributed by atoms with Gasteiger partial charge < -0.3 is 15.3 Å². The number of benzene rings is 1. The maximum absolute atomic E-state index is 12.8. The largest absolute Gasteiger partial charge is 0.480 e. The van der Waals surface area contributed by atoms with E-state index < -0.39 is 22.6 Å². The molecule has 0 aliphatic rings. The van der Waals surface area contributed by atoms with Crippen LogP contribution in [0, 0.1) is 10.1 Å². The number of nitro groups is 1. The van der Waals surface area contributed by atoms with Crippen LogP contribution in [0.5, 0.6) is 0 Å². The van der Waals surface area contributed by atoms with Crippen molar-refractivity contribution in [1.82, 2.24) is 24.1 Å². The van der Waals surface area contributed by atoms with Crippen LogP contribution in [0.2, 0.25) is 0 Å². The van der Waals surface area contributed by atoms with E-state index in [9.17, 15) is 24.8 Å². The van der Waals surface area contributed by atoms with Gasteiger partial charge in [-0.3, -0.25) is 14.7 Å². The molecule has 3 aromatic heterocycles.